The Morgan fingerprint density at radius 3 is 2.64 bits per heavy atom. The Balaban J connectivity index is 1.90. The minimum absolute atomic E-state index is 0.0476. The van der Waals surface area contributed by atoms with Crippen molar-refractivity contribution in [1.29, 1.82) is 0 Å². The van der Waals surface area contributed by atoms with Crippen molar-refractivity contribution in [2.24, 2.45) is 0 Å². The molecule has 0 amide bonds. The maximum Gasteiger partial charge on any atom is 0.506 e. The third-order valence-corrected chi connectivity index (χ3v) is 2.88. The van der Waals surface area contributed by atoms with E-state index in [4.69, 9.17) is 4.74 Å². The number of morpholine rings is 1. The van der Waals surface area contributed by atoms with Crippen LogP contribution < -0.4 is 0 Å². The third kappa shape index (κ3) is 1.81. The lowest BCUT2D eigenvalue weighted by Crippen LogP contribution is -2.40. The molecule has 2 atom stereocenters. The van der Waals surface area contributed by atoms with Crippen LogP contribution in [0.3, 0.4) is 0 Å². The van der Waals surface area contributed by atoms with Crippen LogP contribution in [0, 0.1) is 0 Å². The number of fused-ring (bicyclic) bond motifs is 2. The Kier molecular flexibility index (Phi) is 2.35. The van der Waals surface area contributed by atoms with Gasteiger partial charge < -0.3 is 17.7 Å². The summed E-state index contributed by atoms with van der Waals surface area (Å²) in [7, 11) is 0. The van der Waals surface area contributed by atoms with E-state index >= 15 is 0 Å². The maximum atomic E-state index is 12.2. The molecule has 80 valence electrons. The fraction of sp³-hybridized carbons (Fsp3) is 0.750. The molecule has 6 heteroatoms. The van der Waals surface area contributed by atoms with Crippen LogP contribution in [0.5, 0.6) is 0 Å². The zero-order chi connectivity index (χ0) is 10.3. The van der Waals surface area contributed by atoms with Gasteiger partial charge in [0.05, 0.1) is 12.7 Å². The number of ether oxygens (including phenoxy) is 1. The topological polar surface area (TPSA) is 12.5 Å². The summed E-state index contributed by atoms with van der Waals surface area (Å²) in [4.78, 5) is 1.83. The molecule has 2 aliphatic heterocycles. The Hall–Kier alpha value is -0.485. The highest BCUT2D eigenvalue weighted by molar-refractivity contribution is 6.66. The van der Waals surface area contributed by atoms with E-state index in [9.17, 15) is 12.9 Å². The van der Waals surface area contributed by atoms with Crippen molar-refractivity contribution in [3.63, 3.8) is 0 Å². The standard InChI is InChI=1S/C8H12BF3NO/c1-6(9(10,11)12)3-13-4-8-2-7(13)5-14-8/h7-8H,1-5H2/q-1. The highest BCUT2D eigenvalue weighted by Gasteiger charge is 2.40. The lowest BCUT2D eigenvalue weighted by atomic mass is 9.80. The molecule has 2 fully saturated rings. The molecule has 0 spiro atoms. The number of likely N-dealkylation sites (tertiary alicyclic amines) is 1. The van der Waals surface area contributed by atoms with Crippen LogP contribution in [0.2, 0.25) is 0 Å². The average molecular weight is 206 g/mol. The van der Waals surface area contributed by atoms with Gasteiger partial charge in [-0.1, -0.05) is 0 Å². The van der Waals surface area contributed by atoms with Crippen LogP contribution in [0.25, 0.3) is 0 Å². The number of hydrogen-bond donors (Lipinski definition) is 0. The van der Waals surface area contributed by atoms with Crippen molar-refractivity contribution in [2.75, 3.05) is 19.7 Å². The molecule has 0 aromatic heterocycles. The second kappa shape index (κ2) is 3.27. The molecule has 2 heterocycles. The SMILES string of the molecule is C=C(CN1CC2CC1CO2)[B-](F)(F)F. The van der Waals surface area contributed by atoms with E-state index in [1.807, 2.05) is 4.90 Å². The molecule has 2 saturated heterocycles. The number of halogens is 3. The van der Waals surface area contributed by atoms with E-state index in [0.29, 0.717) is 13.2 Å². The lowest BCUT2D eigenvalue weighted by molar-refractivity contribution is 0.0347. The first-order chi connectivity index (χ1) is 6.47. The number of nitrogens with zero attached hydrogens (tertiary/aromatic N) is 1. The van der Waals surface area contributed by atoms with Gasteiger partial charge in [-0.25, -0.2) is 0 Å². The summed E-state index contributed by atoms with van der Waals surface area (Å²) in [6.07, 6.45) is 1.02. The predicted octanol–water partition coefficient (Wildman–Crippen LogP) is 1.40. The van der Waals surface area contributed by atoms with Gasteiger partial charge in [0.2, 0.25) is 0 Å². The Labute approximate surface area is 80.8 Å². The summed E-state index contributed by atoms with van der Waals surface area (Å²) >= 11 is 0. The van der Waals surface area contributed by atoms with Gasteiger partial charge in [-0.15, -0.1) is 12.1 Å². The summed E-state index contributed by atoms with van der Waals surface area (Å²) in [6.45, 7) is -0.640. The van der Waals surface area contributed by atoms with Crippen LogP contribution in [-0.4, -0.2) is 43.7 Å². The van der Waals surface area contributed by atoms with Crippen LogP contribution in [0.4, 0.5) is 12.9 Å². The average Bonchev–Trinajstić information content (AvgIpc) is 2.62. The monoisotopic (exact) mass is 206 g/mol. The second-order valence-corrected chi connectivity index (χ2v) is 4.01. The predicted molar refractivity (Wildman–Crippen MR) is 47.9 cm³/mol. The van der Waals surface area contributed by atoms with E-state index in [0.717, 1.165) is 6.42 Å². The summed E-state index contributed by atoms with van der Waals surface area (Å²) in [5, 5.41) is 0. The normalized spacial score (nSPS) is 32.5. The van der Waals surface area contributed by atoms with Crippen LogP contribution in [0.1, 0.15) is 6.42 Å². The first-order valence-electron chi connectivity index (χ1n) is 4.70. The summed E-state index contributed by atoms with van der Waals surface area (Å²) in [6, 6.07) is 0.176. The molecule has 0 saturated carbocycles. The molecule has 2 bridgehead atoms. The fourth-order valence-electron chi connectivity index (χ4n) is 2.04. The van der Waals surface area contributed by atoms with E-state index in [1.165, 1.54) is 0 Å². The van der Waals surface area contributed by atoms with Crippen LogP contribution in [0.15, 0.2) is 12.1 Å². The summed E-state index contributed by atoms with van der Waals surface area (Å²) in [5.74, 6) is 0. The Morgan fingerprint density at radius 2 is 2.21 bits per heavy atom. The van der Waals surface area contributed by atoms with Gasteiger partial charge in [-0.2, -0.15) is 0 Å². The summed E-state index contributed by atoms with van der Waals surface area (Å²) < 4.78 is 42.1. The lowest BCUT2D eigenvalue weighted by Gasteiger charge is -2.30. The molecule has 0 aromatic carbocycles. The second-order valence-electron chi connectivity index (χ2n) is 4.01. The van der Waals surface area contributed by atoms with Gasteiger partial charge >= 0.3 is 6.98 Å². The molecule has 2 unspecified atom stereocenters. The molecular formula is C8H12BF3NO-. The molecule has 0 radical (unpaired) electrons. The Bertz CT molecular complexity index is 255. The molecule has 2 rings (SSSR count). The Morgan fingerprint density at radius 1 is 1.50 bits per heavy atom. The molecule has 14 heavy (non-hydrogen) atoms. The highest BCUT2D eigenvalue weighted by Crippen LogP contribution is 2.30. The minimum Gasteiger partial charge on any atom is -0.445 e. The quantitative estimate of drug-likeness (QED) is 0.647. The maximum absolute atomic E-state index is 12.2. The number of rotatable bonds is 3. The smallest absolute Gasteiger partial charge is 0.445 e. The van der Waals surface area contributed by atoms with E-state index < -0.39 is 12.4 Å². The van der Waals surface area contributed by atoms with Crippen molar-refractivity contribution in [3.05, 3.63) is 12.1 Å². The van der Waals surface area contributed by atoms with Crippen molar-refractivity contribution >= 4 is 6.98 Å². The van der Waals surface area contributed by atoms with Crippen LogP contribution >= 0.6 is 0 Å². The highest BCUT2D eigenvalue weighted by atomic mass is 19.4. The molecule has 0 aliphatic carbocycles. The third-order valence-electron chi connectivity index (χ3n) is 2.88. The first kappa shape index (κ1) is 10.0. The van der Waals surface area contributed by atoms with Gasteiger partial charge in [-0.3, -0.25) is 4.90 Å². The van der Waals surface area contributed by atoms with Crippen molar-refractivity contribution < 1.29 is 17.7 Å². The molecule has 0 aromatic rings. The van der Waals surface area contributed by atoms with Gasteiger partial charge in [-0.05, 0) is 13.0 Å². The molecular weight excluding hydrogens is 194 g/mol. The van der Waals surface area contributed by atoms with Crippen LogP contribution in [-0.2, 0) is 4.74 Å². The zero-order valence-electron chi connectivity index (χ0n) is 7.76. The molecule has 0 N–H and O–H groups in total. The summed E-state index contributed by atoms with van der Waals surface area (Å²) in [5.41, 5.74) is -0.599. The zero-order valence-corrected chi connectivity index (χ0v) is 7.76. The van der Waals surface area contributed by atoms with Gasteiger partial charge in [0.25, 0.3) is 0 Å². The van der Waals surface area contributed by atoms with Crippen molar-refractivity contribution in [3.8, 4) is 0 Å². The molecule has 2 nitrogen and oxygen atoms in total. The van der Waals surface area contributed by atoms with Crippen molar-refractivity contribution in [2.45, 2.75) is 18.6 Å². The molecule has 2 aliphatic rings. The van der Waals surface area contributed by atoms with E-state index in [-0.39, 0.29) is 18.7 Å². The van der Waals surface area contributed by atoms with E-state index in [2.05, 4.69) is 6.58 Å². The minimum atomic E-state index is -4.88. The van der Waals surface area contributed by atoms with E-state index in [1.54, 1.807) is 0 Å². The fourth-order valence-corrected chi connectivity index (χ4v) is 2.04. The van der Waals surface area contributed by atoms with Gasteiger partial charge in [0.1, 0.15) is 0 Å². The van der Waals surface area contributed by atoms with Crippen molar-refractivity contribution in [1.82, 2.24) is 4.90 Å². The first-order valence-corrected chi connectivity index (χ1v) is 4.70. The largest absolute Gasteiger partial charge is 0.506 e. The van der Waals surface area contributed by atoms with Gasteiger partial charge in [0.15, 0.2) is 0 Å². The number of hydrogen-bond acceptors (Lipinski definition) is 2. The van der Waals surface area contributed by atoms with Gasteiger partial charge in [0, 0.05) is 12.6 Å².